The van der Waals surface area contributed by atoms with Crippen LogP contribution in [0.2, 0.25) is 0 Å². The van der Waals surface area contributed by atoms with Gasteiger partial charge in [0.15, 0.2) is 0 Å². The molecule has 1 aromatic carbocycles. The summed E-state index contributed by atoms with van der Waals surface area (Å²) in [5, 5.41) is 11.7. The lowest BCUT2D eigenvalue weighted by Crippen LogP contribution is -2.28. The quantitative estimate of drug-likeness (QED) is 0.867. The molecule has 0 saturated heterocycles. The maximum absolute atomic E-state index is 13.4. The van der Waals surface area contributed by atoms with Crippen molar-refractivity contribution in [1.82, 2.24) is 0 Å². The second-order valence-corrected chi connectivity index (χ2v) is 4.87. The average molecular weight is 251 g/mol. The van der Waals surface area contributed by atoms with Crippen LogP contribution >= 0.6 is 0 Å². The van der Waals surface area contributed by atoms with Crippen molar-refractivity contribution in [2.24, 2.45) is 11.8 Å². The van der Waals surface area contributed by atoms with E-state index in [1.165, 1.54) is 6.07 Å². The number of carbonyl (C=O) groups is 1. The number of aliphatic hydroxyl groups excluding tert-OH is 1. The fourth-order valence-corrected chi connectivity index (χ4v) is 2.40. The van der Waals surface area contributed by atoms with E-state index in [9.17, 15) is 9.18 Å². The zero-order valence-corrected chi connectivity index (χ0v) is 10.2. The summed E-state index contributed by atoms with van der Waals surface area (Å²) in [6.07, 6.45) is 3.27. The van der Waals surface area contributed by atoms with Crippen LogP contribution in [0.25, 0.3) is 0 Å². The normalized spacial score (nSPS) is 23.7. The molecular weight excluding hydrogens is 233 g/mol. The predicted molar refractivity (Wildman–Crippen MR) is 67.6 cm³/mol. The Morgan fingerprint density at radius 2 is 1.94 bits per heavy atom. The number of carbonyl (C=O) groups excluding carboxylic acids is 1. The number of aliphatic hydroxyl groups is 1. The summed E-state index contributed by atoms with van der Waals surface area (Å²) in [4.78, 5) is 12.0. The fourth-order valence-electron chi connectivity index (χ4n) is 2.40. The Morgan fingerprint density at radius 1 is 1.28 bits per heavy atom. The third kappa shape index (κ3) is 3.07. The van der Waals surface area contributed by atoms with Crippen molar-refractivity contribution >= 4 is 11.6 Å². The molecule has 98 valence electrons. The van der Waals surface area contributed by atoms with E-state index in [-0.39, 0.29) is 24.1 Å². The second-order valence-electron chi connectivity index (χ2n) is 4.87. The van der Waals surface area contributed by atoms with Gasteiger partial charge in [-0.2, -0.15) is 0 Å². The highest BCUT2D eigenvalue weighted by Crippen LogP contribution is 2.29. The molecule has 1 aromatic rings. The van der Waals surface area contributed by atoms with Crippen molar-refractivity contribution in [3.8, 4) is 0 Å². The van der Waals surface area contributed by atoms with Crippen LogP contribution in [0.4, 0.5) is 10.1 Å². The minimum atomic E-state index is -0.408. The molecular formula is C14H18FNO2. The highest BCUT2D eigenvalue weighted by molar-refractivity contribution is 5.92. The Labute approximate surface area is 106 Å². The summed E-state index contributed by atoms with van der Waals surface area (Å²) in [5.41, 5.74) is 0.242. The van der Waals surface area contributed by atoms with E-state index in [0.717, 1.165) is 25.7 Å². The third-order valence-electron chi connectivity index (χ3n) is 3.61. The molecule has 0 bridgehead atoms. The van der Waals surface area contributed by atoms with Gasteiger partial charge in [-0.05, 0) is 43.7 Å². The van der Waals surface area contributed by atoms with Crippen LogP contribution in [0.1, 0.15) is 25.7 Å². The van der Waals surface area contributed by atoms with Gasteiger partial charge in [-0.25, -0.2) is 4.39 Å². The van der Waals surface area contributed by atoms with Crippen LogP contribution in [-0.4, -0.2) is 17.6 Å². The van der Waals surface area contributed by atoms with Crippen molar-refractivity contribution in [3.63, 3.8) is 0 Å². The van der Waals surface area contributed by atoms with E-state index in [1.807, 2.05) is 0 Å². The number of amides is 1. The summed E-state index contributed by atoms with van der Waals surface area (Å²) in [7, 11) is 0. The number of nitrogens with one attached hydrogen (secondary N) is 1. The lowest BCUT2D eigenvalue weighted by atomic mass is 9.82. The second kappa shape index (κ2) is 5.96. The van der Waals surface area contributed by atoms with E-state index >= 15 is 0 Å². The zero-order valence-electron chi connectivity index (χ0n) is 10.2. The summed E-state index contributed by atoms with van der Waals surface area (Å²) >= 11 is 0. The van der Waals surface area contributed by atoms with Crippen molar-refractivity contribution in [2.45, 2.75) is 25.7 Å². The monoisotopic (exact) mass is 251 g/mol. The van der Waals surface area contributed by atoms with Crippen LogP contribution in [0, 0.1) is 17.7 Å². The molecule has 1 aliphatic rings. The van der Waals surface area contributed by atoms with Crippen molar-refractivity contribution < 1.29 is 14.3 Å². The molecule has 1 aliphatic carbocycles. The van der Waals surface area contributed by atoms with Crippen molar-refractivity contribution in [2.75, 3.05) is 11.9 Å². The number of hydrogen-bond donors (Lipinski definition) is 2. The van der Waals surface area contributed by atoms with Gasteiger partial charge in [0.05, 0.1) is 5.69 Å². The number of rotatable bonds is 3. The van der Waals surface area contributed by atoms with Crippen LogP contribution in [0.3, 0.4) is 0 Å². The van der Waals surface area contributed by atoms with E-state index < -0.39 is 5.82 Å². The zero-order chi connectivity index (χ0) is 13.0. The van der Waals surface area contributed by atoms with Gasteiger partial charge in [-0.1, -0.05) is 12.1 Å². The minimum Gasteiger partial charge on any atom is -0.396 e. The molecule has 0 atom stereocenters. The molecule has 4 heteroatoms. The van der Waals surface area contributed by atoms with Crippen LogP contribution in [0.15, 0.2) is 24.3 Å². The molecule has 0 aromatic heterocycles. The third-order valence-corrected chi connectivity index (χ3v) is 3.61. The highest BCUT2D eigenvalue weighted by Gasteiger charge is 2.26. The van der Waals surface area contributed by atoms with Gasteiger partial charge in [-0.3, -0.25) is 4.79 Å². The standard InChI is InChI=1S/C14H18FNO2/c15-12-3-1-2-4-13(12)16-14(18)11-7-5-10(9-17)6-8-11/h1-4,10-11,17H,5-9H2,(H,16,18). The molecule has 0 unspecified atom stereocenters. The van der Waals surface area contributed by atoms with Crippen molar-refractivity contribution in [3.05, 3.63) is 30.1 Å². The molecule has 0 aliphatic heterocycles. The number of hydrogen-bond acceptors (Lipinski definition) is 2. The summed E-state index contributed by atoms with van der Waals surface area (Å²) < 4.78 is 13.4. The van der Waals surface area contributed by atoms with Gasteiger partial charge in [0.25, 0.3) is 0 Å². The molecule has 2 N–H and O–H groups in total. The molecule has 3 nitrogen and oxygen atoms in total. The highest BCUT2D eigenvalue weighted by atomic mass is 19.1. The molecule has 0 heterocycles. The van der Waals surface area contributed by atoms with Gasteiger partial charge < -0.3 is 10.4 Å². The van der Waals surface area contributed by atoms with Gasteiger partial charge in [-0.15, -0.1) is 0 Å². The predicted octanol–water partition coefficient (Wildman–Crippen LogP) is 2.56. The SMILES string of the molecule is O=C(Nc1ccccc1F)C1CCC(CO)CC1. The molecule has 1 saturated carbocycles. The van der Waals surface area contributed by atoms with Gasteiger partial charge in [0.1, 0.15) is 5.82 Å². The molecule has 1 amide bonds. The van der Waals surface area contributed by atoms with E-state index in [0.29, 0.717) is 5.92 Å². The first-order valence-corrected chi connectivity index (χ1v) is 6.37. The fraction of sp³-hybridized carbons (Fsp3) is 0.500. The van der Waals surface area contributed by atoms with Crippen molar-refractivity contribution in [1.29, 1.82) is 0 Å². The summed E-state index contributed by atoms with van der Waals surface area (Å²) in [5.74, 6) is -0.263. The van der Waals surface area contributed by atoms with Crippen LogP contribution in [0.5, 0.6) is 0 Å². The van der Waals surface area contributed by atoms with Crippen LogP contribution < -0.4 is 5.32 Å². The number of anilines is 1. The molecule has 1 fully saturated rings. The first-order valence-electron chi connectivity index (χ1n) is 6.37. The Balaban J connectivity index is 1.91. The first kappa shape index (κ1) is 13.0. The number of halogens is 1. The summed E-state index contributed by atoms with van der Waals surface area (Å²) in [6, 6.07) is 6.18. The Hall–Kier alpha value is -1.42. The molecule has 2 rings (SSSR count). The maximum Gasteiger partial charge on any atom is 0.227 e. The minimum absolute atomic E-state index is 0.0626. The Kier molecular flexibility index (Phi) is 4.31. The molecule has 0 radical (unpaired) electrons. The lowest BCUT2D eigenvalue weighted by Gasteiger charge is -2.26. The van der Waals surface area contributed by atoms with Gasteiger partial charge in [0, 0.05) is 12.5 Å². The largest absolute Gasteiger partial charge is 0.396 e. The number of benzene rings is 1. The molecule has 0 spiro atoms. The van der Waals surface area contributed by atoms with E-state index in [4.69, 9.17) is 5.11 Å². The van der Waals surface area contributed by atoms with Crippen LogP contribution in [-0.2, 0) is 4.79 Å². The number of para-hydroxylation sites is 1. The maximum atomic E-state index is 13.4. The lowest BCUT2D eigenvalue weighted by molar-refractivity contribution is -0.121. The van der Waals surface area contributed by atoms with Gasteiger partial charge >= 0.3 is 0 Å². The Bertz CT molecular complexity index is 414. The summed E-state index contributed by atoms with van der Waals surface area (Å²) in [6.45, 7) is 0.196. The van der Waals surface area contributed by atoms with E-state index in [2.05, 4.69) is 5.32 Å². The van der Waals surface area contributed by atoms with Gasteiger partial charge in [0.2, 0.25) is 5.91 Å². The average Bonchev–Trinajstić information content (AvgIpc) is 2.41. The molecule has 18 heavy (non-hydrogen) atoms. The topological polar surface area (TPSA) is 49.3 Å². The van der Waals surface area contributed by atoms with E-state index in [1.54, 1.807) is 18.2 Å². The first-order chi connectivity index (χ1) is 8.70. The smallest absolute Gasteiger partial charge is 0.227 e. The Morgan fingerprint density at radius 3 is 2.56 bits per heavy atom.